The van der Waals surface area contributed by atoms with Crippen LogP contribution >= 0.6 is 24.0 Å². The highest BCUT2D eigenvalue weighted by atomic mass is 127. The van der Waals surface area contributed by atoms with E-state index in [1.807, 2.05) is 30.0 Å². The molecular weight excluding hydrogens is 453 g/mol. The number of aliphatic imine (C=N–C) groups is 1. The molecule has 0 radical (unpaired) electrons. The molecule has 26 heavy (non-hydrogen) atoms. The molecule has 5 nitrogen and oxygen atoms in total. The van der Waals surface area contributed by atoms with Crippen molar-refractivity contribution in [2.45, 2.75) is 26.2 Å². The monoisotopic (exact) mass is 480 g/mol. The summed E-state index contributed by atoms with van der Waals surface area (Å²) >= 11 is 0. The van der Waals surface area contributed by atoms with Gasteiger partial charge in [-0.1, -0.05) is 30.3 Å². The highest BCUT2D eigenvalue weighted by molar-refractivity contribution is 14.0. The molecule has 1 saturated heterocycles. The maximum absolute atomic E-state index is 12.3. The first-order valence-electron chi connectivity index (χ1n) is 8.70. The molecule has 1 amide bonds. The van der Waals surface area contributed by atoms with Crippen molar-refractivity contribution in [3.63, 3.8) is 0 Å². The number of carbonyl (C=O) groups is 1. The van der Waals surface area contributed by atoms with E-state index in [4.69, 9.17) is 0 Å². The van der Waals surface area contributed by atoms with Crippen LogP contribution in [0.1, 0.15) is 18.9 Å². The van der Waals surface area contributed by atoms with Crippen LogP contribution in [-0.4, -0.2) is 55.9 Å². The zero-order valence-corrected chi connectivity index (χ0v) is 17.3. The number of alkyl halides is 2. The van der Waals surface area contributed by atoms with Crippen molar-refractivity contribution in [3.8, 4) is 0 Å². The molecule has 1 fully saturated rings. The molecule has 0 aliphatic carbocycles. The van der Waals surface area contributed by atoms with Gasteiger partial charge in [-0.25, -0.2) is 13.8 Å². The van der Waals surface area contributed by atoms with Crippen molar-refractivity contribution in [1.82, 2.24) is 15.5 Å². The third-order valence-electron chi connectivity index (χ3n) is 4.10. The number of guanidine groups is 1. The second kappa shape index (κ2) is 12.0. The molecule has 8 heteroatoms. The molecule has 1 heterocycles. The SMILES string of the molecule is CCNC(=NCC(F)F)NCC1CC(=O)N(CCc2ccccc2)C1.I. The van der Waals surface area contributed by atoms with E-state index in [9.17, 15) is 13.6 Å². The molecule has 0 saturated carbocycles. The van der Waals surface area contributed by atoms with Crippen LogP contribution in [0.4, 0.5) is 8.78 Å². The number of benzene rings is 1. The summed E-state index contributed by atoms with van der Waals surface area (Å²) in [5.41, 5.74) is 1.21. The summed E-state index contributed by atoms with van der Waals surface area (Å²) in [4.78, 5) is 17.9. The topological polar surface area (TPSA) is 56.7 Å². The minimum absolute atomic E-state index is 0. The Morgan fingerprint density at radius 3 is 2.69 bits per heavy atom. The fourth-order valence-corrected chi connectivity index (χ4v) is 2.86. The van der Waals surface area contributed by atoms with Gasteiger partial charge in [-0.3, -0.25) is 4.79 Å². The minimum Gasteiger partial charge on any atom is -0.357 e. The first-order valence-corrected chi connectivity index (χ1v) is 8.70. The molecule has 1 unspecified atom stereocenters. The van der Waals surface area contributed by atoms with Crippen molar-refractivity contribution >= 4 is 35.8 Å². The average Bonchev–Trinajstić information content (AvgIpc) is 2.96. The highest BCUT2D eigenvalue weighted by Gasteiger charge is 2.29. The van der Waals surface area contributed by atoms with Crippen LogP contribution in [-0.2, 0) is 11.2 Å². The summed E-state index contributed by atoms with van der Waals surface area (Å²) in [6.45, 7) is 3.89. The molecule has 1 atom stereocenters. The van der Waals surface area contributed by atoms with Crippen LogP contribution in [0.5, 0.6) is 0 Å². The Morgan fingerprint density at radius 1 is 1.31 bits per heavy atom. The van der Waals surface area contributed by atoms with E-state index in [1.165, 1.54) is 5.56 Å². The molecule has 2 N–H and O–H groups in total. The lowest BCUT2D eigenvalue weighted by molar-refractivity contribution is -0.127. The lowest BCUT2D eigenvalue weighted by Crippen LogP contribution is -2.40. The van der Waals surface area contributed by atoms with Crippen molar-refractivity contribution < 1.29 is 13.6 Å². The predicted molar refractivity (Wildman–Crippen MR) is 110 cm³/mol. The number of nitrogens with one attached hydrogen (secondary N) is 2. The van der Waals surface area contributed by atoms with Gasteiger partial charge >= 0.3 is 0 Å². The fraction of sp³-hybridized carbons (Fsp3) is 0.556. The van der Waals surface area contributed by atoms with Gasteiger partial charge in [-0.15, -0.1) is 24.0 Å². The standard InChI is InChI=1S/C18H26F2N4O.HI/c1-2-21-18(23-12-16(19)20)22-11-15-10-17(25)24(13-15)9-8-14-6-4-3-5-7-14;/h3-7,15-16H,2,8-13H2,1H3,(H2,21,22,23);1H. The molecule has 0 aromatic heterocycles. The summed E-state index contributed by atoms with van der Waals surface area (Å²) < 4.78 is 24.6. The van der Waals surface area contributed by atoms with Gasteiger partial charge in [0, 0.05) is 38.5 Å². The van der Waals surface area contributed by atoms with E-state index < -0.39 is 13.0 Å². The lowest BCUT2D eigenvalue weighted by Gasteiger charge is -2.18. The van der Waals surface area contributed by atoms with Gasteiger partial charge in [0.15, 0.2) is 5.96 Å². The number of hydrogen-bond acceptors (Lipinski definition) is 2. The highest BCUT2D eigenvalue weighted by Crippen LogP contribution is 2.17. The van der Waals surface area contributed by atoms with Crippen LogP contribution in [0.3, 0.4) is 0 Å². The van der Waals surface area contributed by atoms with Crippen molar-refractivity contribution in [2.24, 2.45) is 10.9 Å². The summed E-state index contributed by atoms with van der Waals surface area (Å²) in [7, 11) is 0. The Morgan fingerprint density at radius 2 is 2.04 bits per heavy atom. The number of nitrogens with zero attached hydrogens (tertiary/aromatic N) is 2. The van der Waals surface area contributed by atoms with Gasteiger partial charge in [-0.2, -0.15) is 0 Å². The van der Waals surface area contributed by atoms with Crippen molar-refractivity contribution in [1.29, 1.82) is 0 Å². The molecule has 1 aliphatic heterocycles. The second-order valence-electron chi connectivity index (χ2n) is 6.14. The molecule has 146 valence electrons. The summed E-state index contributed by atoms with van der Waals surface area (Å²) in [5.74, 6) is 0.689. The third-order valence-corrected chi connectivity index (χ3v) is 4.10. The molecule has 0 bridgehead atoms. The number of halogens is 3. The zero-order valence-electron chi connectivity index (χ0n) is 15.0. The van der Waals surface area contributed by atoms with Gasteiger partial charge in [0.05, 0.1) is 0 Å². The number of rotatable bonds is 8. The normalized spacial score (nSPS) is 17.4. The summed E-state index contributed by atoms with van der Waals surface area (Å²) in [6.07, 6.45) is -1.14. The van der Waals surface area contributed by atoms with E-state index >= 15 is 0 Å². The van der Waals surface area contributed by atoms with E-state index in [-0.39, 0.29) is 35.8 Å². The van der Waals surface area contributed by atoms with Gasteiger partial charge in [-0.05, 0) is 18.9 Å². The smallest absolute Gasteiger partial charge is 0.257 e. The minimum atomic E-state index is -2.46. The maximum Gasteiger partial charge on any atom is 0.257 e. The van der Waals surface area contributed by atoms with Gasteiger partial charge in [0.25, 0.3) is 6.43 Å². The number of likely N-dealkylation sites (tertiary alicyclic amines) is 1. The Kier molecular flexibility index (Phi) is 10.5. The summed E-state index contributed by atoms with van der Waals surface area (Å²) in [6, 6.07) is 10.1. The van der Waals surface area contributed by atoms with Gasteiger partial charge in [0.2, 0.25) is 5.91 Å². The third kappa shape index (κ3) is 7.84. The number of carbonyl (C=O) groups excluding carboxylic acids is 1. The molecule has 1 aliphatic rings. The second-order valence-corrected chi connectivity index (χ2v) is 6.14. The molecule has 1 aromatic rings. The quantitative estimate of drug-likeness (QED) is 0.342. The Bertz CT molecular complexity index is 572. The van der Waals surface area contributed by atoms with Crippen LogP contribution in [0, 0.1) is 5.92 Å². The van der Waals surface area contributed by atoms with Gasteiger partial charge < -0.3 is 15.5 Å². The maximum atomic E-state index is 12.3. The summed E-state index contributed by atoms with van der Waals surface area (Å²) in [5, 5.41) is 6.00. The average molecular weight is 480 g/mol. The Labute approximate surface area is 170 Å². The van der Waals surface area contributed by atoms with Crippen LogP contribution in [0.15, 0.2) is 35.3 Å². The molecule has 0 spiro atoms. The number of hydrogen-bond donors (Lipinski definition) is 2. The van der Waals surface area contributed by atoms with E-state index in [1.54, 1.807) is 0 Å². The van der Waals surface area contributed by atoms with Crippen molar-refractivity contribution in [3.05, 3.63) is 35.9 Å². The predicted octanol–water partition coefficient (Wildman–Crippen LogP) is 2.52. The largest absolute Gasteiger partial charge is 0.357 e. The lowest BCUT2D eigenvalue weighted by atomic mass is 10.1. The zero-order chi connectivity index (χ0) is 18.1. The van der Waals surface area contributed by atoms with Gasteiger partial charge in [0.1, 0.15) is 6.54 Å². The van der Waals surface area contributed by atoms with Crippen LogP contribution in [0.25, 0.3) is 0 Å². The van der Waals surface area contributed by atoms with Crippen molar-refractivity contribution in [2.75, 3.05) is 32.7 Å². The first kappa shape index (κ1) is 22.6. The Hall–Kier alpha value is -1.45. The van der Waals surface area contributed by atoms with Crippen LogP contribution in [0.2, 0.25) is 0 Å². The van der Waals surface area contributed by atoms with Crippen LogP contribution < -0.4 is 10.6 Å². The van der Waals surface area contributed by atoms with E-state index in [2.05, 4.69) is 27.8 Å². The molecule has 1 aromatic carbocycles. The number of amides is 1. The Balaban J connectivity index is 0.00000338. The first-order chi connectivity index (χ1) is 12.1. The van der Waals surface area contributed by atoms with E-state index in [0.717, 1.165) is 6.42 Å². The van der Waals surface area contributed by atoms with E-state index in [0.29, 0.717) is 38.6 Å². The molecule has 2 rings (SSSR count). The fourth-order valence-electron chi connectivity index (χ4n) is 2.86. The molecular formula is C18H27F2IN4O.